The van der Waals surface area contributed by atoms with E-state index < -0.39 is 10.8 Å². The number of hydrazone groups is 1. The Bertz CT molecular complexity index is 936. The molecule has 124 valence electrons. The number of rotatable bonds is 5. The first-order chi connectivity index (χ1) is 12.1. The Morgan fingerprint density at radius 2 is 2.12 bits per heavy atom. The minimum absolute atomic E-state index is 0.0496. The summed E-state index contributed by atoms with van der Waals surface area (Å²) in [5.74, 6) is -0.489. The van der Waals surface area contributed by atoms with Crippen LogP contribution in [0.15, 0.2) is 59.8 Å². The van der Waals surface area contributed by atoms with E-state index in [0.29, 0.717) is 17.0 Å². The van der Waals surface area contributed by atoms with E-state index in [-0.39, 0.29) is 11.4 Å². The average Bonchev–Trinajstić information content (AvgIpc) is 3.13. The zero-order valence-electron chi connectivity index (χ0n) is 12.8. The molecule has 0 aliphatic carbocycles. The molecule has 0 radical (unpaired) electrons. The molecular formula is C16H12N6O3. The second kappa shape index (κ2) is 7.13. The van der Waals surface area contributed by atoms with Crippen LogP contribution in [-0.2, 0) is 0 Å². The first-order valence-corrected chi connectivity index (χ1v) is 7.18. The van der Waals surface area contributed by atoms with E-state index in [4.69, 9.17) is 0 Å². The van der Waals surface area contributed by atoms with E-state index in [9.17, 15) is 14.9 Å². The number of nitrogens with zero attached hydrogens (tertiary/aromatic N) is 4. The lowest BCUT2D eigenvalue weighted by Gasteiger charge is -1.96. The molecule has 2 aromatic heterocycles. The van der Waals surface area contributed by atoms with Crippen LogP contribution in [0.1, 0.15) is 16.2 Å². The van der Waals surface area contributed by atoms with E-state index in [1.165, 1.54) is 24.4 Å². The standard InChI is InChI=1S/C16H12N6O3/c23-16(21-18-10-12-5-1-2-7-17-12)15-9-14(19-20-15)11-4-3-6-13(8-11)22(24)25/h1-10H,(H,19,20)(H,21,23)/b18-10+. The molecule has 25 heavy (non-hydrogen) atoms. The molecule has 1 amide bonds. The molecule has 0 spiro atoms. The molecule has 0 fully saturated rings. The van der Waals surface area contributed by atoms with Gasteiger partial charge in [0, 0.05) is 23.9 Å². The molecule has 0 bridgehead atoms. The van der Waals surface area contributed by atoms with Gasteiger partial charge in [0.05, 0.1) is 22.5 Å². The van der Waals surface area contributed by atoms with E-state index in [2.05, 4.69) is 25.7 Å². The number of H-pyrrole nitrogens is 1. The predicted molar refractivity (Wildman–Crippen MR) is 90.0 cm³/mol. The van der Waals surface area contributed by atoms with Crippen molar-refractivity contribution >= 4 is 17.8 Å². The first kappa shape index (κ1) is 16.0. The summed E-state index contributed by atoms with van der Waals surface area (Å²) in [4.78, 5) is 26.4. The van der Waals surface area contributed by atoms with Gasteiger partial charge in [-0.3, -0.25) is 25.0 Å². The molecule has 3 rings (SSSR count). The molecule has 2 heterocycles. The molecule has 9 heteroatoms. The molecule has 0 saturated heterocycles. The van der Waals surface area contributed by atoms with Crippen LogP contribution in [0, 0.1) is 10.1 Å². The number of amides is 1. The highest BCUT2D eigenvalue weighted by atomic mass is 16.6. The van der Waals surface area contributed by atoms with Gasteiger partial charge in [-0.2, -0.15) is 10.2 Å². The van der Waals surface area contributed by atoms with E-state index >= 15 is 0 Å². The Morgan fingerprint density at radius 3 is 2.88 bits per heavy atom. The van der Waals surface area contributed by atoms with Gasteiger partial charge in [-0.15, -0.1) is 0 Å². The largest absolute Gasteiger partial charge is 0.289 e. The summed E-state index contributed by atoms with van der Waals surface area (Å²) >= 11 is 0. The second-order valence-corrected chi connectivity index (χ2v) is 4.93. The number of carbonyl (C=O) groups excluding carboxylic acids is 1. The van der Waals surface area contributed by atoms with Gasteiger partial charge in [-0.1, -0.05) is 18.2 Å². The Balaban J connectivity index is 1.70. The summed E-state index contributed by atoms with van der Waals surface area (Å²) in [6.07, 6.45) is 3.03. The van der Waals surface area contributed by atoms with Gasteiger partial charge in [-0.05, 0) is 18.2 Å². The number of nitro benzene ring substituents is 1. The molecule has 3 aromatic rings. The highest BCUT2D eigenvalue weighted by Gasteiger charge is 2.13. The number of hydrogen-bond donors (Lipinski definition) is 2. The number of carbonyl (C=O) groups is 1. The molecule has 1 aromatic carbocycles. The fourth-order valence-electron chi connectivity index (χ4n) is 2.03. The maximum atomic E-state index is 12.0. The molecule has 0 unspecified atom stereocenters. The van der Waals surface area contributed by atoms with Crippen LogP contribution in [0.3, 0.4) is 0 Å². The number of nitrogens with one attached hydrogen (secondary N) is 2. The lowest BCUT2D eigenvalue weighted by molar-refractivity contribution is -0.384. The fourth-order valence-corrected chi connectivity index (χ4v) is 2.03. The zero-order chi connectivity index (χ0) is 17.6. The van der Waals surface area contributed by atoms with Gasteiger partial charge < -0.3 is 0 Å². The van der Waals surface area contributed by atoms with Crippen LogP contribution in [-0.4, -0.2) is 32.2 Å². The van der Waals surface area contributed by atoms with Crippen LogP contribution in [0.2, 0.25) is 0 Å². The number of non-ortho nitro benzene ring substituents is 1. The van der Waals surface area contributed by atoms with Crippen molar-refractivity contribution in [3.05, 3.63) is 76.2 Å². The monoisotopic (exact) mass is 336 g/mol. The molecule has 0 aliphatic rings. The van der Waals surface area contributed by atoms with Crippen LogP contribution in [0.5, 0.6) is 0 Å². The van der Waals surface area contributed by atoms with Gasteiger partial charge in [0.25, 0.3) is 11.6 Å². The summed E-state index contributed by atoms with van der Waals surface area (Å²) < 4.78 is 0. The average molecular weight is 336 g/mol. The second-order valence-electron chi connectivity index (χ2n) is 4.93. The lowest BCUT2D eigenvalue weighted by Crippen LogP contribution is -2.18. The number of benzene rings is 1. The summed E-state index contributed by atoms with van der Waals surface area (Å²) in [5.41, 5.74) is 4.03. The third-order valence-electron chi connectivity index (χ3n) is 3.23. The van der Waals surface area contributed by atoms with Crippen molar-refractivity contribution in [2.75, 3.05) is 0 Å². The number of aromatic nitrogens is 3. The maximum absolute atomic E-state index is 12.0. The fraction of sp³-hybridized carbons (Fsp3) is 0. The molecule has 0 aliphatic heterocycles. The van der Waals surface area contributed by atoms with Crippen LogP contribution >= 0.6 is 0 Å². The number of hydrogen-bond acceptors (Lipinski definition) is 6. The SMILES string of the molecule is O=C(N/N=C/c1ccccn1)c1cc(-c2cccc([N+](=O)[O-])c2)n[nH]1. The molecule has 0 saturated carbocycles. The van der Waals surface area contributed by atoms with Crippen molar-refractivity contribution < 1.29 is 9.72 Å². The van der Waals surface area contributed by atoms with Gasteiger partial charge in [0.2, 0.25) is 0 Å². The molecule has 9 nitrogen and oxygen atoms in total. The minimum Gasteiger partial charge on any atom is -0.272 e. The van der Waals surface area contributed by atoms with Crippen molar-refractivity contribution in [2.45, 2.75) is 0 Å². The van der Waals surface area contributed by atoms with Crippen molar-refractivity contribution in [1.82, 2.24) is 20.6 Å². The highest BCUT2D eigenvalue weighted by Crippen LogP contribution is 2.22. The smallest absolute Gasteiger partial charge is 0.272 e. The van der Waals surface area contributed by atoms with Gasteiger partial charge in [-0.25, -0.2) is 5.43 Å². The Labute approximate surface area is 141 Å². The van der Waals surface area contributed by atoms with E-state index in [1.54, 1.807) is 36.5 Å². The number of aromatic amines is 1. The first-order valence-electron chi connectivity index (χ1n) is 7.18. The molecular weight excluding hydrogens is 324 g/mol. The lowest BCUT2D eigenvalue weighted by atomic mass is 10.1. The van der Waals surface area contributed by atoms with Crippen molar-refractivity contribution in [3.8, 4) is 11.3 Å². The third kappa shape index (κ3) is 3.91. The van der Waals surface area contributed by atoms with Crippen LogP contribution in [0.4, 0.5) is 5.69 Å². The van der Waals surface area contributed by atoms with E-state index in [1.807, 2.05) is 0 Å². The summed E-state index contributed by atoms with van der Waals surface area (Å²) in [7, 11) is 0. The summed E-state index contributed by atoms with van der Waals surface area (Å²) in [5, 5.41) is 21.2. The molecule has 2 N–H and O–H groups in total. The number of pyridine rings is 1. The third-order valence-corrected chi connectivity index (χ3v) is 3.23. The topological polar surface area (TPSA) is 126 Å². The Kier molecular flexibility index (Phi) is 4.56. The predicted octanol–water partition coefficient (Wildman–Crippen LogP) is 2.14. The minimum atomic E-state index is -0.490. The summed E-state index contributed by atoms with van der Waals surface area (Å²) in [6.45, 7) is 0. The van der Waals surface area contributed by atoms with Gasteiger partial charge in [0.1, 0.15) is 5.69 Å². The Hall–Kier alpha value is -3.88. The van der Waals surface area contributed by atoms with Gasteiger partial charge in [0.15, 0.2) is 0 Å². The van der Waals surface area contributed by atoms with Crippen LogP contribution < -0.4 is 5.43 Å². The van der Waals surface area contributed by atoms with E-state index in [0.717, 1.165) is 0 Å². The van der Waals surface area contributed by atoms with Crippen molar-refractivity contribution in [1.29, 1.82) is 0 Å². The summed E-state index contributed by atoms with van der Waals surface area (Å²) in [6, 6.07) is 12.8. The Morgan fingerprint density at radius 1 is 1.24 bits per heavy atom. The van der Waals surface area contributed by atoms with Gasteiger partial charge >= 0.3 is 0 Å². The quantitative estimate of drug-likeness (QED) is 0.419. The van der Waals surface area contributed by atoms with Crippen molar-refractivity contribution in [3.63, 3.8) is 0 Å². The van der Waals surface area contributed by atoms with Crippen molar-refractivity contribution in [2.24, 2.45) is 5.10 Å². The highest BCUT2D eigenvalue weighted by molar-refractivity contribution is 5.94. The molecule has 0 atom stereocenters. The number of nitro groups is 1. The zero-order valence-corrected chi connectivity index (χ0v) is 12.8. The normalized spacial score (nSPS) is 10.7. The maximum Gasteiger partial charge on any atom is 0.289 e. The van der Waals surface area contributed by atoms with Crippen LogP contribution in [0.25, 0.3) is 11.3 Å².